The van der Waals surface area contributed by atoms with Crippen molar-refractivity contribution in [1.29, 1.82) is 0 Å². The molecule has 1 amide bonds. The zero-order chi connectivity index (χ0) is 20.1. The first-order valence-corrected chi connectivity index (χ1v) is 11.1. The van der Waals surface area contributed by atoms with Gasteiger partial charge in [0.15, 0.2) is 5.03 Å². The molecule has 1 atom stereocenters. The average Bonchev–Trinajstić information content (AvgIpc) is 3.16. The second-order valence-corrected chi connectivity index (χ2v) is 9.47. The van der Waals surface area contributed by atoms with E-state index in [9.17, 15) is 13.2 Å². The van der Waals surface area contributed by atoms with Crippen molar-refractivity contribution in [1.82, 2.24) is 19.2 Å². The van der Waals surface area contributed by atoms with E-state index < -0.39 is 10.0 Å². The quantitative estimate of drug-likeness (QED) is 0.767. The van der Waals surface area contributed by atoms with Crippen molar-refractivity contribution in [2.75, 3.05) is 19.6 Å². The maximum atomic E-state index is 12.7. The number of carbonyl (C=O) groups excluding carboxylic acids is 1. The van der Waals surface area contributed by atoms with Gasteiger partial charge in [0.25, 0.3) is 10.0 Å². The van der Waals surface area contributed by atoms with E-state index in [2.05, 4.69) is 24.1 Å². The van der Waals surface area contributed by atoms with Gasteiger partial charge in [-0.1, -0.05) is 44.2 Å². The number of amides is 1. The number of sulfonamides is 1. The molecule has 3 rings (SSSR count). The molecule has 1 N–H and O–H groups in total. The first-order valence-electron chi connectivity index (χ1n) is 9.70. The van der Waals surface area contributed by atoms with Crippen molar-refractivity contribution in [3.05, 3.63) is 48.4 Å². The van der Waals surface area contributed by atoms with Crippen LogP contribution in [0, 0.1) is 5.92 Å². The third-order valence-electron chi connectivity index (χ3n) is 5.26. The number of imidazole rings is 1. The molecule has 1 aliphatic heterocycles. The first kappa shape index (κ1) is 20.5. The van der Waals surface area contributed by atoms with Crippen molar-refractivity contribution in [3.63, 3.8) is 0 Å². The van der Waals surface area contributed by atoms with Crippen LogP contribution in [0.25, 0.3) is 0 Å². The minimum Gasteiger partial charge on any atom is -0.354 e. The summed E-state index contributed by atoms with van der Waals surface area (Å²) in [6, 6.07) is 9.98. The number of aromatic nitrogens is 2. The van der Waals surface area contributed by atoms with Crippen LogP contribution in [0.1, 0.15) is 38.2 Å². The molecule has 0 saturated carbocycles. The SMILES string of the molecule is CC1CCN(S(=O)(=O)c2cn(CC(=O)NCC(C)c3ccccc3)cn2)CC1. The van der Waals surface area contributed by atoms with Crippen molar-refractivity contribution >= 4 is 15.9 Å². The predicted molar refractivity (Wildman–Crippen MR) is 107 cm³/mol. The molecule has 1 aromatic carbocycles. The Labute approximate surface area is 166 Å². The molecule has 1 unspecified atom stereocenters. The van der Waals surface area contributed by atoms with E-state index in [-0.39, 0.29) is 23.4 Å². The van der Waals surface area contributed by atoms with Gasteiger partial charge in [0.2, 0.25) is 5.91 Å². The summed E-state index contributed by atoms with van der Waals surface area (Å²) in [5.41, 5.74) is 1.16. The van der Waals surface area contributed by atoms with Gasteiger partial charge in [-0.2, -0.15) is 4.31 Å². The number of nitrogens with zero attached hydrogens (tertiary/aromatic N) is 3. The maximum Gasteiger partial charge on any atom is 0.262 e. The van der Waals surface area contributed by atoms with Crippen molar-refractivity contribution in [2.45, 2.75) is 44.2 Å². The molecule has 0 aliphatic carbocycles. The minimum atomic E-state index is -3.59. The lowest BCUT2D eigenvalue weighted by atomic mass is 10.0. The fourth-order valence-electron chi connectivity index (χ4n) is 3.30. The first-order chi connectivity index (χ1) is 13.4. The van der Waals surface area contributed by atoms with E-state index in [0.29, 0.717) is 25.6 Å². The highest BCUT2D eigenvalue weighted by molar-refractivity contribution is 7.89. The number of benzene rings is 1. The van der Waals surface area contributed by atoms with Crippen molar-refractivity contribution < 1.29 is 13.2 Å². The normalized spacial score (nSPS) is 17.4. The lowest BCUT2D eigenvalue weighted by Crippen LogP contribution is -2.38. The second-order valence-electron chi connectivity index (χ2n) is 7.59. The molecule has 1 fully saturated rings. The molecule has 8 heteroatoms. The Bertz CT molecular complexity index is 887. The number of carbonyl (C=O) groups is 1. The average molecular weight is 405 g/mol. The van der Waals surface area contributed by atoms with Gasteiger partial charge in [0.1, 0.15) is 6.54 Å². The molecule has 0 radical (unpaired) electrons. The Morgan fingerprint density at radius 1 is 1.25 bits per heavy atom. The lowest BCUT2D eigenvalue weighted by Gasteiger charge is -2.28. The van der Waals surface area contributed by atoms with Crippen LogP contribution in [-0.2, 0) is 21.4 Å². The standard InChI is InChI=1S/C20H28N4O3S/c1-16-8-10-24(11-9-16)28(26,27)20-14-23(15-22-20)13-19(25)21-12-17(2)18-6-4-3-5-7-18/h3-7,14-17H,8-13H2,1-2H3,(H,21,25). The number of hydrogen-bond donors (Lipinski definition) is 1. The Kier molecular flexibility index (Phi) is 6.51. The fourth-order valence-corrected chi connectivity index (χ4v) is 4.71. The number of rotatable bonds is 7. The van der Waals surface area contributed by atoms with Gasteiger partial charge in [-0.15, -0.1) is 0 Å². The number of nitrogens with one attached hydrogen (secondary N) is 1. The monoisotopic (exact) mass is 404 g/mol. The van der Waals surface area contributed by atoms with Crippen molar-refractivity contribution in [2.24, 2.45) is 5.92 Å². The molecular formula is C20H28N4O3S. The van der Waals surface area contributed by atoms with Gasteiger partial charge in [-0.3, -0.25) is 4.79 Å². The van der Waals surface area contributed by atoms with Crippen LogP contribution < -0.4 is 5.32 Å². The van der Waals surface area contributed by atoms with Gasteiger partial charge in [-0.05, 0) is 30.2 Å². The summed E-state index contributed by atoms with van der Waals surface area (Å²) < 4.78 is 28.4. The Balaban J connectivity index is 1.54. The van der Waals surface area contributed by atoms with Gasteiger partial charge < -0.3 is 9.88 Å². The number of piperidine rings is 1. The van der Waals surface area contributed by atoms with E-state index in [1.54, 1.807) is 0 Å². The van der Waals surface area contributed by atoms with Crippen LogP contribution in [0.2, 0.25) is 0 Å². The molecule has 2 aromatic rings. The van der Waals surface area contributed by atoms with E-state index in [1.165, 1.54) is 21.4 Å². The van der Waals surface area contributed by atoms with Crippen LogP contribution in [0.4, 0.5) is 0 Å². The highest BCUT2D eigenvalue weighted by Gasteiger charge is 2.29. The Hall–Kier alpha value is -2.19. The molecule has 152 valence electrons. The molecule has 0 spiro atoms. The van der Waals surface area contributed by atoms with E-state index in [1.807, 2.05) is 30.3 Å². The smallest absolute Gasteiger partial charge is 0.262 e. The number of hydrogen-bond acceptors (Lipinski definition) is 4. The van der Waals surface area contributed by atoms with E-state index >= 15 is 0 Å². The summed E-state index contributed by atoms with van der Waals surface area (Å²) in [7, 11) is -3.59. The van der Waals surface area contributed by atoms with Crippen LogP contribution in [0.3, 0.4) is 0 Å². The third kappa shape index (κ3) is 4.99. The zero-order valence-corrected chi connectivity index (χ0v) is 17.2. The highest BCUT2D eigenvalue weighted by Crippen LogP contribution is 2.22. The summed E-state index contributed by atoms with van der Waals surface area (Å²) in [5, 5.41) is 2.91. The van der Waals surface area contributed by atoms with Crippen molar-refractivity contribution in [3.8, 4) is 0 Å². The Morgan fingerprint density at radius 3 is 2.61 bits per heavy atom. The minimum absolute atomic E-state index is 0.00695. The molecule has 7 nitrogen and oxygen atoms in total. The summed E-state index contributed by atoms with van der Waals surface area (Å²) >= 11 is 0. The van der Waals surface area contributed by atoms with E-state index in [0.717, 1.165) is 18.4 Å². The van der Waals surface area contributed by atoms with Crippen LogP contribution in [0.5, 0.6) is 0 Å². The fraction of sp³-hybridized carbons (Fsp3) is 0.500. The molecule has 1 aromatic heterocycles. The maximum absolute atomic E-state index is 12.7. The van der Waals surface area contributed by atoms with Gasteiger partial charge in [0, 0.05) is 25.8 Å². The van der Waals surface area contributed by atoms with Crippen LogP contribution >= 0.6 is 0 Å². The van der Waals surface area contributed by atoms with Crippen LogP contribution in [-0.4, -0.2) is 47.8 Å². The zero-order valence-electron chi connectivity index (χ0n) is 16.4. The summed E-state index contributed by atoms with van der Waals surface area (Å²) in [6.45, 7) is 5.80. The summed E-state index contributed by atoms with van der Waals surface area (Å²) in [4.78, 5) is 16.3. The molecule has 0 bridgehead atoms. The molecule has 1 aliphatic rings. The molecular weight excluding hydrogens is 376 g/mol. The highest BCUT2D eigenvalue weighted by atomic mass is 32.2. The third-order valence-corrected chi connectivity index (χ3v) is 7.04. The molecule has 2 heterocycles. The lowest BCUT2D eigenvalue weighted by molar-refractivity contribution is -0.121. The van der Waals surface area contributed by atoms with Gasteiger partial charge >= 0.3 is 0 Å². The van der Waals surface area contributed by atoms with E-state index in [4.69, 9.17) is 0 Å². The Morgan fingerprint density at radius 2 is 1.93 bits per heavy atom. The molecule has 28 heavy (non-hydrogen) atoms. The molecule has 1 saturated heterocycles. The summed E-state index contributed by atoms with van der Waals surface area (Å²) in [6.07, 6.45) is 4.57. The largest absolute Gasteiger partial charge is 0.354 e. The van der Waals surface area contributed by atoms with Crippen LogP contribution in [0.15, 0.2) is 47.9 Å². The topological polar surface area (TPSA) is 84.3 Å². The second kappa shape index (κ2) is 8.87. The predicted octanol–water partition coefficient (Wildman–Crippen LogP) is 2.22. The van der Waals surface area contributed by atoms with Gasteiger partial charge in [0.05, 0.1) is 6.33 Å². The summed E-state index contributed by atoms with van der Waals surface area (Å²) in [5.74, 6) is 0.576. The van der Waals surface area contributed by atoms with Gasteiger partial charge in [-0.25, -0.2) is 13.4 Å².